The summed E-state index contributed by atoms with van der Waals surface area (Å²) in [5, 5.41) is 0. The van der Waals surface area contributed by atoms with E-state index in [-0.39, 0.29) is 16.8 Å². The normalized spacial score (nSPS) is 15.6. The zero-order valence-electron chi connectivity index (χ0n) is 12.0. The lowest BCUT2D eigenvalue weighted by atomic mass is 10.0. The van der Waals surface area contributed by atoms with Crippen LogP contribution < -0.4 is 9.62 Å². The number of sulfonamides is 1. The fraction of sp³-hybridized carbons (Fsp3) is 0.500. The van der Waals surface area contributed by atoms with Crippen LogP contribution in [0.25, 0.3) is 0 Å². The van der Waals surface area contributed by atoms with Crippen LogP contribution >= 0.6 is 0 Å². The van der Waals surface area contributed by atoms with Crippen LogP contribution in [0, 0.1) is 0 Å². The van der Waals surface area contributed by atoms with Crippen LogP contribution in [0.2, 0.25) is 0 Å². The van der Waals surface area contributed by atoms with Crippen molar-refractivity contribution in [3.05, 3.63) is 23.8 Å². The fourth-order valence-corrected chi connectivity index (χ4v) is 3.73. The molecule has 0 bridgehead atoms. The molecule has 1 aliphatic heterocycles. The van der Waals surface area contributed by atoms with Crippen LogP contribution in [0.4, 0.5) is 5.69 Å². The highest BCUT2D eigenvalue weighted by atomic mass is 32.2. The van der Waals surface area contributed by atoms with Crippen LogP contribution in [0.15, 0.2) is 23.1 Å². The van der Waals surface area contributed by atoms with Gasteiger partial charge in [-0.25, -0.2) is 13.1 Å². The Bertz CT molecular complexity index is 623. The molecule has 1 aromatic carbocycles. The Morgan fingerprint density at radius 1 is 1.30 bits per heavy atom. The summed E-state index contributed by atoms with van der Waals surface area (Å²) in [6.07, 6.45) is 1.03. The summed E-state index contributed by atoms with van der Waals surface area (Å²) < 4.78 is 26.9. The molecule has 2 rings (SSSR count). The van der Waals surface area contributed by atoms with Gasteiger partial charge in [-0.15, -0.1) is 0 Å². The number of rotatable bonds is 4. The Morgan fingerprint density at radius 2 is 2.00 bits per heavy atom. The van der Waals surface area contributed by atoms with Crippen molar-refractivity contribution in [3.8, 4) is 0 Å². The third kappa shape index (κ3) is 2.86. The Hall–Kier alpha value is -1.40. The number of anilines is 1. The highest BCUT2D eigenvalue weighted by Crippen LogP contribution is 2.29. The summed E-state index contributed by atoms with van der Waals surface area (Å²) >= 11 is 0. The molecule has 1 aliphatic rings. The second-order valence-electron chi connectivity index (χ2n) is 5.20. The second-order valence-corrected chi connectivity index (χ2v) is 6.92. The maximum atomic E-state index is 12.2. The Balaban J connectivity index is 2.41. The molecule has 0 unspecified atom stereocenters. The first kappa shape index (κ1) is 15.0. The number of hydrogen-bond donors (Lipinski definition) is 1. The average molecular weight is 296 g/mol. The SMILES string of the molecule is CCN1C(=O)CCc2cc(S(=O)(=O)NC(C)C)ccc21. The van der Waals surface area contributed by atoms with Crippen LogP contribution in [0.1, 0.15) is 32.8 Å². The van der Waals surface area contributed by atoms with Crippen molar-refractivity contribution in [3.63, 3.8) is 0 Å². The smallest absolute Gasteiger partial charge is 0.240 e. The van der Waals surface area contributed by atoms with Crippen molar-refractivity contribution in [1.29, 1.82) is 0 Å². The molecule has 0 saturated carbocycles. The molecule has 5 nitrogen and oxygen atoms in total. The van der Waals surface area contributed by atoms with E-state index in [1.807, 2.05) is 6.92 Å². The number of aryl methyl sites for hydroxylation is 1. The molecule has 20 heavy (non-hydrogen) atoms. The number of benzene rings is 1. The van der Waals surface area contributed by atoms with Crippen molar-refractivity contribution < 1.29 is 13.2 Å². The third-order valence-electron chi connectivity index (χ3n) is 3.27. The minimum Gasteiger partial charge on any atom is -0.312 e. The summed E-state index contributed by atoms with van der Waals surface area (Å²) in [6, 6.07) is 4.81. The molecule has 1 amide bonds. The van der Waals surface area contributed by atoms with Gasteiger partial charge in [0.2, 0.25) is 15.9 Å². The van der Waals surface area contributed by atoms with Crippen LogP contribution in [-0.2, 0) is 21.2 Å². The molecule has 0 atom stereocenters. The lowest BCUT2D eigenvalue weighted by Crippen LogP contribution is -2.35. The first-order valence-electron chi connectivity index (χ1n) is 6.80. The summed E-state index contributed by atoms with van der Waals surface area (Å²) in [6.45, 7) is 6.08. The predicted molar refractivity (Wildman–Crippen MR) is 78.2 cm³/mol. The van der Waals surface area contributed by atoms with Gasteiger partial charge in [-0.05, 0) is 51.0 Å². The number of nitrogens with one attached hydrogen (secondary N) is 1. The van der Waals surface area contributed by atoms with E-state index < -0.39 is 10.0 Å². The Kier molecular flexibility index (Phi) is 4.15. The number of fused-ring (bicyclic) bond motifs is 1. The second kappa shape index (κ2) is 5.54. The lowest BCUT2D eigenvalue weighted by molar-refractivity contribution is -0.118. The number of carbonyl (C=O) groups excluding carboxylic acids is 1. The molecular weight excluding hydrogens is 276 g/mol. The van der Waals surface area contributed by atoms with Crippen molar-refractivity contribution in [2.45, 2.75) is 44.6 Å². The minimum atomic E-state index is -3.48. The number of amides is 1. The Labute approximate surface area is 120 Å². The summed E-state index contributed by atoms with van der Waals surface area (Å²) in [5.74, 6) is 0.0934. The fourth-order valence-electron chi connectivity index (χ4n) is 2.43. The average Bonchev–Trinajstić information content (AvgIpc) is 2.36. The third-order valence-corrected chi connectivity index (χ3v) is 4.92. The van der Waals surface area contributed by atoms with Gasteiger partial charge in [0.05, 0.1) is 4.90 Å². The molecule has 0 aliphatic carbocycles. The molecule has 0 fully saturated rings. The van der Waals surface area contributed by atoms with E-state index in [1.165, 1.54) is 0 Å². The maximum Gasteiger partial charge on any atom is 0.240 e. The van der Waals surface area contributed by atoms with Crippen molar-refractivity contribution >= 4 is 21.6 Å². The topological polar surface area (TPSA) is 66.5 Å². The Morgan fingerprint density at radius 3 is 2.60 bits per heavy atom. The molecular formula is C14H20N2O3S. The molecule has 110 valence electrons. The van der Waals surface area contributed by atoms with Crippen LogP contribution in [-0.4, -0.2) is 26.9 Å². The van der Waals surface area contributed by atoms with Crippen molar-refractivity contribution in [2.75, 3.05) is 11.4 Å². The molecule has 6 heteroatoms. The minimum absolute atomic E-state index is 0.0934. The van der Waals surface area contributed by atoms with E-state index >= 15 is 0 Å². The number of hydrogen-bond acceptors (Lipinski definition) is 3. The molecule has 0 saturated heterocycles. The van der Waals surface area contributed by atoms with Gasteiger partial charge in [-0.2, -0.15) is 0 Å². The monoisotopic (exact) mass is 296 g/mol. The highest BCUT2D eigenvalue weighted by Gasteiger charge is 2.25. The van der Waals surface area contributed by atoms with Gasteiger partial charge in [0.25, 0.3) is 0 Å². The van der Waals surface area contributed by atoms with Gasteiger partial charge in [-0.1, -0.05) is 0 Å². The molecule has 0 aromatic heterocycles. The number of nitrogens with zero attached hydrogens (tertiary/aromatic N) is 1. The first-order chi connectivity index (χ1) is 9.35. The standard InChI is InChI=1S/C14H20N2O3S/c1-4-16-13-7-6-12(20(18,19)15-10(2)3)9-11(13)5-8-14(16)17/h6-7,9-10,15H,4-5,8H2,1-3H3. The molecule has 1 N–H and O–H groups in total. The maximum absolute atomic E-state index is 12.2. The molecule has 0 spiro atoms. The summed E-state index contributed by atoms with van der Waals surface area (Å²) in [5.41, 5.74) is 1.74. The zero-order chi connectivity index (χ0) is 14.9. The van der Waals surface area contributed by atoms with Gasteiger partial charge in [0.15, 0.2) is 0 Å². The van der Waals surface area contributed by atoms with Crippen molar-refractivity contribution in [1.82, 2.24) is 4.72 Å². The molecule has 1 aromatic rings. The predicted octanol–water partition coefficient (Wildman–Crippen LogP) is 1.67. The van der Waals surface area contributed by atoms with Gasteiger partial charge in [0, 0.05) is 24.7 Å². The van der Waals surface area contributed by atoms with Gasteiger partial charge in [-0.3, -0.25) is 4.79 Å². The summed E-state index contributed by atoms with van der Waals surface area (Å²) in [4.78, 5) is 13.8. The lowest BCUT2D eigenvalue weighted by Gasteiger charge is -2.28. The van der Waals surface area contributed by atoms with E-state index in [1.54, 1.807) is 36.9 Å². The quantitative estimate of drug-likeness (QED) is 0.919. The highest BCUT2D eigenvalue weighted by molar-refractivity contribution is 7.89. The molecule has 0 radical (unpaired) electrons. The zero-order valence-corrected chi connectivity index (χ0v) is 12.8. The molecule has 1 heterocycles. The van der Waals surface area contributed by atoms with E-state index in [9.17, 15) is 13.2 Å². The number of carbonyl (C=O) groups is 1. The van der Waals surface area contributed by atoms with Crippen LogP contribution in [0.5, 0.6) is 0 Å². The largest absolute Gasteiger partial charge is 0.312 e. The van der Waals surface area contributed by atoms with E-state index in [4.69, 9.17) is 0 Å². The van der Waals surface area contributed by atoms with Gasteiger partial charge < -0.3 is 4.90 Å². The summed E-state index contributed by atoms with van der Waals surface area (Å²) in [7, 11) is -3.48. The van der Waals surface area contributed by atoms with Gasteiger partial charge in [0.1, 0.15) is 0 Å². The van der Waals surface area contributed by atoms with E-state index in [2.05, 4.69) is 4.72 Å². The van der Waals surface area contributed by atoms with E-state index in [0.717, 1.165) is 11.3 Å². The first-order valence-corrected chi connectivity index (χ1v) is 8.29. The van der Waals surface area contributed by atoms with Gasteiger partial charge >= 0.3 is 0 Å². The van der Waals surface area contributed by atoms with Crippen molar-refractivity contribution in [2.24, 2.45) is 0 Å². The van der Waals surface area contributed by atoms with E-state index in [0.29, 0.717) is 19.4 Å². The van der Waals surface area contributed by atoms with Crippen LogP contribution in [0.3, 0.4) is 0 Å².